The molecular formula is C10H10N2O3S. The number of hydrogen-bond donors (Lipinski definition) is 0. The first kappa shape index (κ1) is 10.8. The molecule has 1 aromatic carbocycles. The number of fused-ring (bicyclic) bond motifs is 1. The van der Waals surface area contributed by atoms with Gasteiger partial charge in [-0.2, -0.15) is 0 Å². The molecule has 0 saturated carbocycles. The highest BCUT2D eigenvalue weighted by atomic mass is 32.1. The lowest BCUT2D eigenvalue weighted by Crippen LogP contribution is -1.93. The number of nitrogens with zero attached hydrogens (tertiary/aromatic N) is 2. The van der Waals surface area contributed by atoms with Crippen LogP contribution in [0.1, 0.15) is 13.3 Å². The fourth-order valence-electron chi connectivity index (χ4n) is 1.26. The summed E-state index contributed by atoms with van der Waals surface area (Å²) in [5.74, 6) is 0. The summed E-state index contributed by atoms with van der Waals surface area (Å²) < 4.78 is 6.16. The van der Waals surface area contributed by atoms with E-state index in [1.165, 1.54) is 23.5 Å². The molecule has 0 aliphatic rings. The van der Waals surface area contributed by atoms with Crippen molar-refractivity contribution in [3.05, 3.63) is 28.3 Å². The lowest BCUT2D eigenvalue weighted by atomic mass is 10.3. The van der Waals surface area contributed by atoms with Gasteiger partial charge in [0.05, 0.1) is 21.7 Å². The molecule has 0 unspecified atom stereocenters. The van der Waals surface area contributed by atoms with Gasteiger partial charge in [0.1, 0.15) is 0 Å². The van der Waals surface area contributed by atoms with Crippen molar-refractivity contribution in [2.75, 3.05) is 6.61 Å². The maximum atomic E-state index is 10.6. The SMILES string of the molecule is CCCOc1nc2ccc([N+](=O)[O-])cc2s1. The van der Waals surface area contributed by atoms with Gasteiger partial charge in [0.2, 0.25) is 0 Å². The molecule has 84 valence electrons. The third kappa shape index (κ3) is 2.11. The summed E-state index contributed by atoms with van der Waals surface area (Å²) in [4.78, 5) is 14.4. The van der Waals surface area contributed by atoms with Crippen molar-refractivity contribution >= 4 is 27.2 Å². The van der Waals surface area contributed by atoms with Crippen molar-refractivity contribution in [1.29, 1.82) is 0 Å². The molecule has 0 saturated heterocycles. The molecule has 16 heavy (non-hydrogen) atoms. The molecule has 0 radical (unpaired) electrons. The summed E-state index contributed by atoms with van der Waals surface area (Å²) in [6.45, 7) is 2.63. The third-order valence-electron chi connectivity index (χ3n) is 1.99. The Balaban J connectivity index is 2.34. The summed E-state index contributed by atoms with van der Waals surface area (Å²) >= 11 is 1.33. The number of nitro benzene ring substituents is 1. The quantitative estimate of drug-likeness (QED) is 0.606. The first-order valence-corrected chi connectivity index (χ1v) is 5.70. The molecule has 0 aliphatic heterocycles. The number of thiazole rings is 1. The highest BCUT2D eigenvalue weighted by Crippen LogP contribution is 2.30. The van der Waals surface area contributed by atoms with E-state index in [9.17, 15) is 10.1 Å². The number of nitro groups is 1. The van der Waals surface area contributed by atoms with Crippen molar-refractivity contribution in [3.8, 4) is 5.19 Å². The molecule has 2 aromatic rings. The van der Waals surface area contributed by atoms with E-state index in [2.05, 4.69) is 4.98 Å². The van der Waals surface area contributed by atoms with Gasteiger partial charge in [0.15, 0.2) is 0 Å². The number of hydrogen-bond acceptors (Lipinski definition) is 5. The van der Waals surface area contributed by atoms with Gasteiger partial charge in [-0.3, -0.25) is 10.1 Å². The molecule has 0 fully saturated rings. The van der Waals surface area contributed by atoms with Gasteiger partial charge in [-0.1, -0.05) is 18.3 Å². The minimum atomic E-state index is -0.411. The van der Waals surface area contributed by atoms with Crippen LogP contribution < -0.4 is 4.74 Å². The average molecular weight is 238 g/mol. The number of non-ortho nitro benzene ring substituents is 1. The van der Waals surface area contributed by atoms with E-state index in [-0.39, 0.29) is 5.69 Å². The summed E-state index contributed by atoms with van der Waals surface area (Å²) in [6, 6.07) is 4.61. The normalized spacial score (nSPS) is 10.6. The molecular weight excluding hydrogens is 228 g/mol. The van der Waals surface area contributed by atoms with Crippen LogP contribution >= 0.6 is 11.3 Å². The maximum absolute atomic E-state index is 10.6. The van der Waals surface area contributed by atoms with Crippen LogP contribution in [0.2, 0.25) is 0 Å². The Labute approximate surface area is 95.8 Å². The van der Waals surface area contributed by atoms with Crippen molar-refractivity contribution in [1.82, 2.24) is 4.98 Å². The first-order chi connectivity index (χ1) is 7.70. The largest absolute Gasteiger partial charge is 0.470 e. The van der Waals surface area contributed by atoms with Crippen molar-refractivity contribution in [3.63, 3.8) is 0 Å². The molecule has 0 aliphatic carbocycles. The van der Waals surface area contributed by atoms with Crippen LogP contribution in [0.5, 0.6) is 5.19 Å². The van der Waals surface area contributed by atoms with Crippen LogP contribution in [-0.2, 0) is 0 Å². The predicted molar refractivity (Wildman–Crippen MR) is 62.1 cm³/mol. The van der Waals surface area contributed by atoms with Crippen LogP contribution in [0.15, 0.2) is 18.2 Å². The van der Waals surface area contributed by atoms with E-state index >= 15 is 0 Å². The first-order valence-electron chi connectivity index (χ1n) is 4.88. The number of aromatic nitrogens is 1. The lowest BCUT2D eigenvalue weighted by Gasteiger charge is -1.95. The second-order valence-corrected chi connectivity index (χ2v) is 4.23. The minimum Gasteiger partial charge on any atom is -0.470 e. The van der Waals surface area contributed by atoms with E-state index in [1.807, 2.05) is 6.92 Å². The Morgan fingerprint density at radius 3 is 3.06 bits per heavy atom. The molecule has 5 nitrogen and oxygen atoms in total. The summed E-state index contributed by atoms with van der Waals surface area (Å²) in [6.07, 6.45) is 0.913. The van der Waals surface area contributed by atoms with Crippen molar-refractivity contribution in [2.24, 2.45) is 0 Å². The van der Waals surface area contributed by atoms with Gasteiger partial charge < -0.3 is 4.74 Å². The van der Waals surface area contributed by atoms with Gasteiger partial charge in [-0.15, -0.1) is 0 Å². The topological polar surface area (TPSA) is 65.3 Å². The molecule has 0 amide bonds. The monoisotopic (exact) mass is 238 g/mol. The lowest BCUT2D eigenvalue weighted by molar-refractivity contribution is -0.384. The standard InChI is InChI=1S/C10H10N2O3S/c1-2-5-15-10-11-8-4-3-7(12(13)14)6-9(8)16-10/h3-4,6H,2,5H2,1H3. The van der Waals surface area contributed by atoms with Gasteiger partial charge in [0, 0.05) is 12.1 Å². The average Bonchev–Trinajstić information content (AvgIpc) is 2.67. The highest BCUT2D eigenvalue weighted by molar-refractivity contribution is 7.20. The van der Waals surface area contributed by atoms with Crippen LogP contribution in [0.4, 0.5) is 5.69 Å². The van der Waals surface area contributed by atoms with E-state index in [0.717, 1.165) is 16.6 Å². The summed E-state index contributed by atoms with van der Waals surface area (Å²) in [5, 5.41) is 11.1. The predicted octanol–water partition coefficient (Wildman–Crippen LogP) is 2.99. The van der Waals surface area contributed by atoms with Gasteiger partial charge in [0.25, 0.3) is 10.9 Å². The van der Waals surface area contributed by atoms with E-state index in [0.29, 0.717) is 11.8 Å². The van der Waals surface area contributed by atoms with E-state index < -0.39 is 4.92 Å². The Hall–Kier alpha value is -1.69. The molecule has 1 aromatic heterocycles. The Morgan fingerprint density at radius 1 is 1.56 bits per heavy atom. The zero-order valence-corrected chi connectivity index (χ0v) is 9.49. The van der Waals surface area contributed by atoms with E-state index in [4.69, 9.17) is 4.74 Å². The Kier molecular flexibility index (Phi) is 3.00. The van der Waals surface area contributed by atoms with Crippen LogP contribution in [0, 0.1) is 10.1 Å². The molecule has 6 heteroatoms. The molecule has 2 rings (SSSR count). The zero-order valence-electron chi connectivity index (χ0n) is 8.67. The molecule has 0 N–H and O–H groups in total. The summed E-state index contributed by atoms with van der Waals surface area (Å²) in [5.41, 5.74) is 0.819. The number of ether oxygens (including phenoxy) is 1. The second-order valence-electron chi connectivity index (χ2n) is 3.24. The minimum absolute atomic E-state index is 0.0817. The summed E-state index contributed by atoms with van der Waals surface area (Å²) in [7, 11) is 0. The Bertz CT molecular complexity index is 524. The van der Waals surface area contributed by atoms with Gasteiger partial charge in [-0.25, -0.2) is 4.98 Å². The molecule has 0 atom stereocenters. The Morgan fingerprint density at radius 2 is 2.38 bits per heavy atom. The van der Waals surface area contributed by atoms with Crippen LogP contribution in [-0.4, -0.2) is 16.5 Å². The van der Waals surface area contributed by atoms with Gasteiger partial charge in [-0.05, 0) is 12.5 Å². The second kappa shape index (κ2) is 4.44. The molecule has 0 spiro atoms. The number of rotatable bonds is 4. The fourth-order valence-corrected chi connectivity index (χ4v) is 2.13. The van der Waals surface area contributed by atoms with Crippen LogP contribution in [0.3, 0.4) is 0 Å². The number of benzene rings is 1. The molecule has 0 bridgehead atoms. The van der Waals surface area contributed by atoms with E-state index in [1.54, 1.807) is 6.07 Å². The smallest absolute Gasteiger partial charge is 0.274 e. The van der Waals surface area contributed by atoms with Crippen LogP contribution in [0.25, 0.3) is 10.2 Å². The molecule has 1 heterocycles. The third-order valence-corrected chi connectivity index (χ3v) is 2.92. The van der Waals surface area contributed by atoms with Crippen molar-refractivity contribution < 1.29 is 9.66 Å². The highest BCUT2D eigenvalue weighted by Gasteiger charge is 2.10. The maximum Gasteiger partial charge on any atom is 0.274 e. The zero-order chi connectivity index (χ0) is 11.5. The van der Waals surface area contributed by atoms with Crippen molar-refractivity contribution in [2.45, 2.75) is 13.3 Å². The fraction of sp³-hybridized carbons (Fsp3) is 0.300. The van der Waals surface area contributed by atoms with Gasteiger partial charge >= 0.3 is 0 Å².